The van der Waals surface area contributed by atoms with Crippen molar-refractivity contribution >= 4 is 0 Å². The number of nitrogens with one attached hydrogen (secondary N) is 1. The second-order valence-electron chi connectivity index (χ2n) is 3.10. The van der Waals surface area contributed by atoms with Gasteiger partial charge < -0.3 is 10.4 Å². The molecular weight excluding hydrogens is 140 g/mol. The first-order chi connectivity index (χ1) is 5.23. The molecule has 2 unspecified atom stereocenters. The number of nitrogens with zero attached hydrogens (tertiary/aromatic N) is 1. The van der Waals surface area contributed by atoms with Gasteiger partial charge >= 0.3 is 0 Å². The Labute approximate surface area is 67.0 Å². The Hall–Kier alpha value is -0.590. The van der Waals surface area contributed by atoms with Gasteiger partial charge in [0.25, 0.3) is 0 Å². The van der Waals surface area contributed by atoms with Crippen molar-refractivity contribution < 1.29 is 5.11 Å². The summed E-state index contributed by atoms with van der Waals surface area (Å²) in [5.74, 6) is 0.0984. The van der Waals surface area contributed by atoms with Crippen molar-refractivity contribution in [2.75, 3.05) is 13.1 Å². The van der Waals surface area contributed by atoms with E-state index in [1.807, 2.05) is 13.0 Å². The van der Waals surface area contributed by atoms with Crippen LogP contribution in [0.5, 0.6) is 0 Å². The Bertz CT molecular complexity index is 175. The molecule has 0 bridgehead atoms. The fourth-order valence-electron chi connectivity index (χ4n) is 1.56. The predicted molar refractivity (Wildman–Crippen MR) is 41.8 cm³/mol. The zero-order valence-corrected chi connectivity index (χ0v) is 6.80. The molecule has 1 aliphatic heterocycles. The highest BCUT2D eigenvalue weighted by molar-refractivity contribution is 5.07. The summed E-state index contributed by atoms with van der Waals surface area (Å²) in [4.78, 5) is 0. The van der Waals surface area contributed by atoms with Gasteiger partial charge in [-0.05, 0) is 13.0 Å². The van der Waals surface area contributed by atoms with Gasteiger partial charge in [-0.25, -0.2) is 0 Å². The Kier molecular flexibility index (Phi) is 2.48. The highest BCUT2D eigenvalue weighted by atomic mass is 16.3. The topological polar surface area (TPSA) is 56.0 Å². The van der Waals surface area contributed by atoms with E-state index < -0.39 is 5.60 Å². The van der Waals surface area contributed by atoms with Crippen LogP contribution in [-0.4, -0.2) is 23.8 Å². The second kappa shape index (κ2) is 3.21. The molecule has 1 aliphatic rings. The minimum atomic E-state index is -1.07. The van der Waals surface area contributed by atoms with Crippen LogP contribution in [0.25, 0.3) is 0 Å². The predicted octanol–water partition coefficient (Wildman–Crippen LogP) is 0.261. The monoisotopic (exact) mass is 154 g/mol. The van der Waals surface area contributed by atoms with Crippen molar-refractivity contribution in [2.24, 2.45) is 5.92 Å². The first kappa shape index (κ1) is 8.51. The molecule has 1 fully saturated rings. The van der Waals surface area contributed by atoms with Crippen molar-refractivity contribution in [2.45, 2.75) is 25.4 Å². The third kappa shape index (κ3) is 1.52. The molecule has 1 saturated heterocycles. The molecule has 0 amide bonds. The SMILES string of the molecule is CCC1CNCCC1(O)C#N. The van der Waals surface area contributed by atoms with Gasteiger partial charge in [0.05, 0.1) is 6.07 Å². The Morgan fingerprint density at radius 1 is 1.82 bits per heavy atom. The minimum Gasteiger partial charge on any atom is -0.375 e. The van der Waals surface area contributed by atoms with Crippen molar-refractivity contribution in [3.63, 3.8) is 0 Å². The summed E-state index contributed by atoms with van der Waals surface area (Å²) >= 11 is 0. The average Bonchev–Trinajstić information content (AvgIpc) is 2.05. The van der Waals surface area contributed by atoms with Gasteiger partial charge in [0.1, 0.15) is 0 Å². The summed E-state index contributed by atoms with van der Waals surface area (Å²) in [6.07, 6.45) is 1.42. The largest absolute Gasteiger partial charge is 0.375 e. The molecular formula is C8H14N2O. The number of nitriles is 1. The van der Waals surface area contributed by atoms with Crippen LogP contribution in [0.1, 0.15) is 19.8 Å². The Morgan fingerprint density at radius 3 is 3.00 bits per heavy atom. The quantitative estimate of drug-likeness (QED) is 0.533. The first-order valence-electron chi connectivity index (χ1n) is 4.07. The molecule has 0 aliphatic carbocycles. The highest BCUT2D eigenvalue weighted by Gasteiger charge is 2.37. The second-order valence-corrected chi connectivity index (χ2v) is 3.10. The maximum Gasteiger partial charge on any atom is 0.156 e. The lowest BCUT2D eigenvalue weighted by atomic mass is 9.81. The molecule has 0 aromatic carbocycles. The highest BCUT2D eigenvalue weighted by Crippen LogP contribution is 2.25. The number of aliphatic hydroxyl groups is 1. The van der Waals surface area contributed by atoms with Gasteiger partial charge in [-0.15, -0.1) is 0 Å². The normalized spacial score (nSPS) is 38.1. The first-order valence-corrected chi connectivity index (χ1v) is 4.07. The van der Waals surface area contributed by atoms with E-state index in [0.29, 0.717) is 6.42 Å². The van der Waals surface area contributed by atoms with E-state index in [1.54, 1.807) is 0 Å². The molecule has 3 heteroatoms. The van der Waals surface area contributed by atoms with Gasteiger partial charge in [-0.3, -0.25) is 0 Å². The molecule has 3 nitrogen and oxygen atoms in total. The van der Waals surface area contributed by atoms with E-state index in [1.165, 1.54) is 0 Å². The maximum absolute atomic E-state index is 9.74. The van der Waals surface area contributed by atoms with Gasteiger partial charge in [-0.2, -0.15) is 5.26 Å². The molecule has 0 spiro atoms. The van der Waals surface area contributed by atoms with Gasteiger partial charge in [0.15, 0.2) is 5.60 Å². The summed E-state index contributed by atoms with van der Waals surface area (Å²) in [5.41, 5.74) is -1.07. The van der Waals surface area contributed by atoms with Crippen LogP contribution in [0.3, 0.4) is 0 Å². The number of piperidine rings is 1. The van der Waals surface area contributed by atoms with E-state index in [0.717, 1.165) is 19.5 Å². The van der Waals surface area contributed by atoms with Crippen LogP contribution in [0.4, 0.5) is 0 Å². The summed E-state index contributed by atoms with van der Waals surface area (Å²) in [7, 11) is 0. The average molecular weight is 154 g/mol. The van der Waals surface area contributed by atoms with Crippen LogP contribution in [0, 0.1) is 17.2 Å². The standard InChI is InChI=1S/C8H14N2O/c1-2-7-5-10-4-3-8(7,11)6-9/h7,10-11H,2-5H2,1H3. The fraction of sp³-hybridized carbons (Fsp3) is 0.875. The van der Waals surface area contributed by atoms with Crippen molar-refractivity contribution in [3.8, 4) is 6.07 Å². The molecule has 2 atom stereocenters. The molecule has 1 rings (SSSR count). The van der Waals surface area contributed by atoms with Gasteiger partial charge in [0.2, 0.25) is 0 Å². The van der Waals surface area contributed by atoms with Crippen molar-refractivity contribution in [1.82, 2.24) is 5.32 Å². The minimum absolute atomic E-state index is 0.0984. The zero-order chi connectivity index (χ0) is 8.32. The van der Waals surface area contributed by atoms with Crippen molar-refractivity contribution in [3.05, 3.63) is 0 Å². The molecule has 1 heterocycles. The number of hydrogen-bond donors (Lipinski definition) is 2. The summed E-state index contributed by atoms with van der Waals surface area (Å²) in [5, 5.41) is 21.6. The van der Waals surface area contributed by atoms with E-state index in [4.69, 9.17) is 5.26 Å². The summed E-state index contributed by atoms with van der Waals surface area (Å²) < 4.78 is 0. The molecule has 0 aromatic rings. The molecule has 11 heavy (non-hydrogen) atoms. The van der Waals surface area contributed by atoms with Crippen LogP contribution in [0.15, 0.2) is 0 Å². The van der Waals surface area contributed by atoms with Crippen LogP contribution in [-0.2, 0) is 0 Å². The van der Waals surface area contributed by atoms with E-state index >= 15 is 0 Å². The van der Waals surface area contributed by atoms with Crippen LogP contribution < -0.4 is 5.32 Å². The van der Waals surface area contributed by atoms with E-state index in [9.17, 15) is 5.11 Å². The molecule has 62 valence electrons. The van der Waals surface area contributed by atoms with E-state index in [-0.39, 0.29) is 5.92 Å². The fourth-order valence-corrected chi connectivity index (χ4v) is 1.56. The Balaban J connectivity index is 2.67. The van der Waals surface area contributed by atoms with E-state index in [2.05, 4.69) is 5.32 Å². The van der Waals surface area contributed by atoms with Gasteiger partial charge in [0, 0.05) is 18.9 Å². The third-order valence-electron chi connectivity index (χ3n) is 2.44. The summed E-state index contributed by atoms with van der Waals surface area (Å²) in [6, 6.07) is 2.00. The lowest BCUT2D eigenvalue weighted by Gasteiger charge is -2.34. The number of rotatable bonds is 1. The lowest BCUT2D eigenvalue weighted by molar-refractivity contribution is 0.00929. The van der Waals surface area contributed by atoms with Crippen molar-refractivity contribution in [1.29, 1.82) is 5.26 Å². The van der Waals surface area contributed by atoms with Gasteiger partial charge in [-0.1, -0.05) is 6.92 Å². The zero-order valence-electron chi connectivity index (χ0n) is 6.80. The Morgan fingerprint density at radius 2 is 2.55 bits per heavy atom. The molecule has 0 aromatic heterocycles. The molecule has 2 N–H and O–H groups in total. The summed E-state index contributed by atoms with van der Waals surface area (Å²) in [6.45, 7) is 3.51. The lowest BCUT2D eigenvalue weighted by Crippen LogP contribution is -2.49. The molecule has 0 saturated carbocycles. The third-order valence-corrected chi connectivity index (χ3v) is 2.44. The number of hydrogen-bond acceptors (Lipinski definition) is 3. The maximum atomic E-state index is 9.74. The van der Waals surface area contributed by atoms with Crippen LogP contribution >= 0.6 is 0 Å². The molecule has 0 radical (unpaired) electrons. The van der Waals surface area contributed by atoms with Crippen LogP contribution in [0.2, 0.25) is 0 Å². The smallest absolute Gasteiger partial charge is 0.156 e.